The fourth-order valence-corrected chi connectivity index (χ4v) is 4.11. The summed E-state index contributed by atoms with van der Waals surface area (Å²) in [5.41, 5.74) is 2.85. The molecule has 0 spiro atoms. The van der Waals surface area contributed by atoms with Crippen LogP contribution in [0.1, 0.15) is 16.7 Å². The van der Waals surface area contributed by atoms with E-state index in [9.17, 15) is 9.59 Å². The van der Waals surface area contributed by atoms with Crippen LogP contribution in [0.5, 0.6) is 17.2 Å². The van der Waals surface area contributed by atoms with Crippen LogP contribution in [-0.4, -0.2) is 42.6 Å². The lowest BCUT2D eigenvalue weighted by atomic mass is 10.1. The quantitative estimate of drug-likeness (QED) is 0.703. The van der Waals surface area contributed by atoms with Crippen molar-refractivity contribution in [1.29, 1.82) is 0 Å². The molecule has 7 heteroatoms. The predicted octanol–water partition coefficient (Wildman–Crippen LogP) is 3.83. The van der Waals surface area contributed by atoms with Gasteiger partial charge in [-0.05, 0) is 30.5 Å². The summed E-state index contributed by atoms with van der Waals surface area (Å²) in [6, 6.07) is 11.3. The topological polar surface area (TPSA) is 65.1 Å². The number of carbonyl (C=O) groups excluding carboxylic acids is 2. The number of thioether (sulfide) groups is 1. The zero-order valence-corrected chi connectivity index (χ0v) is 17.2. The van der Waals surface area contributed by atoms with Crippen LogP contribution in [0.3, 0.4) is 0 Å². The van der Waals surface area contributed by atoms with Gasteiger partial charge in [0.15, 0.2) is 11.5 Å². The second-order valence-electron chi connectivity index (χ2n) is 6.51. The fourth-order valence-electron chi connectivity index (χ4n) is 3.10. The van der Waals surface area contributed by atoms with Crippen LogP contribution in [0.15, 0.2) is 36.4 Å². The Bertz CT molecular complexity index is 881. The maximum absolute atomic E-state index is 12.9. The van der Waals surface area contributed by atoms with Gasteiger partial charge in [-0.3, -0.25) is 14.5 Å². The smallest absolute Gasteiger partial charge is 0.289 e. The average molecular weight is 401 g/mol. The molecule has 1 saturated heterocycles. The highest BCUT2D eigenvalue weighted by molar-refractivity contribution is 8.15. The van der Waals surface area contributed by atoms with Gasteiger partial charge in [-0.25, -0.2) is 0 Å². The monoisotopic (exact) mass is 401 g/mol. The Morgan fingerprint density at radius 3 is 2.14 bits per heavy atom. The van der Waals surface area contributed by atoms with Gasteiger partial charge in [-0.15, -0.1) is 0 Å². The Balaban J connectivity index is 1.79. The van der Waals surface area contributed by atoms with E-state index in [1.165, 1.54) is 4.90 Å². The van der Waals surface area contributed by atoms with Crippen molar-refractivity contribution in [1.82, 2.24) is 4.90 Å². The Morgan fingerprint density at radius 2 is 1.54 bits per heavy atom. The lowest BCUT2D eigenvalue weighted by Gasteiger charge is -2.16. The number of amides is 2. The summed E-state index contributed by atoms with van der Waals surface area (Å²) in [4.78, 5) is 26.6. The number of hydrogen-bond acceptors (Lipinski definition) is 6. The van der Waals surface area contributed by atoms with Crippen molar-refractivity contribution in [2.45, 2.75) is 25.1 Å². The van der Waals surface area contributed by atoms with Crippen molar-refractivity contribution in [3.8, 4) is 17.2 Å². The van der Waals surface area contributed by atoms with Gasteiger partial charge in [0, 0.05) is 6.07 Å². The molecule has 28 heavy (non-hydrogen) atoms. The molecule has 0 N–H and O–H groups in total. The Kier molecular flexibility index (Phi) is 6.14. The van der Waals surface area contributed by atoms with Crippen molar-refractivity contribution < 1.29 is 23.8 Å². The van der Waals surface area contributed by atoms with Crippen LogP contribution in [0.2, 0.25) is 0 Å². The van der Waals surface area contributed by atoms with Crippen LogP contribution in [-0.2, 0) is 17.8 Å². The average Bonchev–Trinajstić information content (AvgIpc) is 2.96. The SMILES string of the molecule is COc1cc(OC)c(OC)cc1C[C@@H]1SC(=O)N(Cc2ccc(C)cc2)C1=O. The van der Waals surface area contributed by atoms with Gasteiger partial charge in [0.2, 0.25) is 5.91 Å². The van der Waals surface area contributed by atoms with Crippen LogP contribution in [0, 0.1) is 6.92 Å². The molecule has 2 aromatic rings. The molecule has 1 atom stereocenters. The highest BCUT2D eigenvalue weighted by atomic mass is 32.2. The van der Waals surface area contributed by atoms with Gasteiger partial charge in [0.05, 0.1) is 33.1 Å². The van der Waals surface area contributed by atoms with E-state index in [1.807, 2.05) is 31.2 Å². The van der Waals surface area contributed by atoms with E-state index in [2.05, 4.69) is 0 Å². The van der Waals surface area contributed by atoms with E-state index in [1.54, 1.807) is 33.5 Å². The Morgan fingerprint density at radius 1 is 0.929 bits per heavy atom. The number of ether oxygens (including phenoxy) is 3. The molecule has 6 nitrogen and oxygen atoms in total. The molecule has 0 aromatic heterocycles. The van der Waals surface area contributed by atoms with E-state index in [0.29, 0.717) is 23.7 Å². The normalized spacial score (nSPS) is 16.4. The summed E-state index contributed by atoms with van der Waals surface area (Å²) in [5.74, 6) is 1.50. The number of hydrogen-bond donors (Lipinski definition) is 0. The van der Waals surface area contributed by atoms with E-state index in [4.69, 9.17) is 14.2 Å². The van der Waals surface area contributed by atoms with Crippen molar-refractivity contribution in [3.63, 3.8) is 0 Å². The fraction of sp³-hybridized carbons (Fsp3) is 0.333. The first kappa shape index (κ1) is 20.1. The molecule has 0 bridgehead atoms. The van der Waals surface area contributed by atoms with E-state index in [0.717, 1.165) is 28.5 Å². The molecule has 0 saturated carbocycles. The number of aryl methyl sites for hydroxylation is 1. The number of nitrogens with zero attached hydrogens (tertiary/aromatic N) is 1. The Labute approximate surface area is 168 Å². The van der Waals surface area contributed by atoms with Crippen molar-refractivity contribution in [2.24, 2.45) is 0 Å². The first-order valence-electron chi connectivity index (χ1n) is 8.83. The molecule has 1 aliphatic rings. The molecule has 2 aromatic carbocycles. The second-order valence-corrected chi connectivity index (χ2v) is 7.66. The third kappa shape index (κ3) is 4.09. The third-order valence-corrected chi connectivity index (χ3v) is 5.73. The summed E-state index contributed by atoms with van der Waals surface area (Å²) >= 11 is 1.05. The molecular formula is C21H23NO5S. The van der Waals surface area contributed by atoms with Crippen LogP contribution >= 0.6 is 11.8 Å². The minimum absolute atomic E-state index is 0.188. The van der Waals surface area contributed by atoms with Gasteiger partial charge >= 0.3 is 0 Å². The molecule has 1 aliphatic heterocycles. The summed E-state index contributed by atoms with van der Waals surface area (Å²) in [6.45, 7) is 2.28. The molecule has 0 radical (unpaired) electrons. The molecule has 0 aliphatic carbocycles. The molecule has 1 heterocycles. The summed E-state index contributed by atoms with van der Waals surface area (Å²) < 4.78 is 16.1. The first-order valence-corrected chi connectivity index (χ1v) is 9.71. The van der Waals surface area contributed by atoms with Gasteiger partial charge in [0.25, 0.3) is 5.24 Å². The maximum Gasteiger partial charge on any atom is 0.289 e. The minimum atomic E-state index is -0.495. The highest BCUT2D eigenvalue weighted by Gasteiger charge is 2.40. The van der Waals surface area contributed by atoms with Crippen LogP contribution in [0.25, 0.3) is 0 Å². The minimum Gasteiger partial charge on any atom is -0.496 e. The zero-order valence-electron chi connectivity index (χ0n) is 16.4. The van der Waals surface area contributed by atoms with E-state index >= 15 is 0 Å². The van der Waals surface area contributed by atoms with Crippen molar-refractivity contribution in [2.75, 3.05) is 21.3 Å². The molecule has 1 fully saturated rings. The van der Waals surface area contributed by atoms with Gasteiger partial charge in [-0.1, -0.05) is 41.6 Å². The summed E-state index contributed by atoms with van der Waals surface area (Å²) in [5, 5.41) is -0.722. The standard InChI is InChI=1S/C21H23NO5S/c1-13-5-7-14(8-6-13)12-22-20(23)19(28-21(22)24)10-15-9-17(26-3)18(27-4)11-16(15)25-2/h5-9,11,19H,10,12H2,1-4H3/t19-/m0/s1. The second kappa shape index (κ2) is 8.56. The van der Waals surface area contributed by atoms with Gasteiger partial charge in [-0.2, -0.15) is 0 Å². The third-order valence-electron chi connectivity index (χ3n) is 4.66. The number of imide groups is 1. The van der Waals surface area contributed by atoms with Gasteiger partial charge in [0.1, 0.15) is 5.75 Å². The molecular weight excluding hydrogens is 378 g/mol. The molecule has 2 amide bonds. The highest BCUT2D eigenvalue weighted by Crippen LogP contribution is 2.38. The lowest BCUT2D eigenvalue weighted by Crippen LogP contribution is -2.31. The number of methoxy groups -OCH3 is 3. The number of rotatable bonds is 7. The van der Waals surface area contributed by atoms with Gasteiger partial charge < -0.3 is 14.2 Å². The number of benzene rings is 2. The molecule has 3 rings (SSSR count). The number of carbonyl (C=O) groups is 2. The largest absolute Gasteiger partial charge is 0.496 e. The first-order chi connectivity index (χ1) is 13.5. The summed E-state index contributed by atoms with van der Waals surface area (Å²) in [6.07, 6.45) is 0.364. The lowest BCUT2D eigenvalue weighted by molar-refractivity contribution is -0.127. The predicted molar refractivity (Wildman–Crippen MR) is 108 cm³/mol. The van der Waals surface area contributed by atoms with Crippen LogP contribution < -0.4 is 14.2 Å². The van der Waals surface area contributed by atoms with Crippen molar-refractivity contribution >= 4 is 22.9 Å². The molecule has 148 valence electrons. The van der Waals surface area contributed by atoms with E-state index in [-0.39, 0.29) is 17.7 Å². The van der Waals surface area contributed by atoms with Crippen LogP contribution in [0.4, 0.5) is 4.79 Å². The molecule has 0 unspecified atom stereocenters. The zero-order chi connectivity index (χ0) is 20.3. The van der Waals surface area contributed by atoms with Crippen molar-refractivity contribution in [3.05, 3.63) is 53.1 Å². The maximum atomic E-state index is 12.9. The summed E-state index contributed by atoms with van der Waals surface area (Å²) in [7, 11) is 4.66. The Hall–Kier alpha value is -2.67. The van der Waals surface area contributed by atoms with E-state index < -0.39 is 5.25 Å².